The van der Waals surface area contributed by atoms with E-state index in [0.29, 0.717) is 40.2 Å². The fourth-order valence-electron chi connectivity index (χ4n) is 1.70. The first-order valence-corrected chi connectivity index (χ1v) is 7.03. The molecule has 3 N–H and O–H groups in total. The third-order valence-corrected chi connectivity index (χ3v) is 3.25. The van der Waals surface area contributed by atoms with Gasteiger partial charge in [-0.25, -0.2) is 0 Å². The summed E-state index contributed by atoms with van der Waals surface area (Å²) in [6, 6.07) is 11.8. The number of carbonyl (C=O) groups excluding carboxylic acids is 1. The van der Waals surface area contributed by atoms with Gasteiger partial charge in [0, 0.05) is 16.8 Å². The summed E-state index contributed by atoms with van der Waals surface area (Å²) in [5.41, 5.74) is 6.61. The average Bonchev–Trinajstić information content (AvgIpc) is 2.46. The van der Waals surface area contributed by atoms with Crippen LogP contribution in [0.5, 0.6) is 5.75 Å². The van der Waals surface area contributed by atoms with Crippen molar-refractivity contribution in [1.29, 1.82) is 0 Å². The van der Waals surface area contributed by atoms with Crippen LogP contribution in [-0.2, 0) is 0 Å². The summed E-state index contributed by atoms with van der Waals surface area (Å²) < 4.78 is 5.47. The Bertz CT molecular complexity index is 647. The van der Waals surface area contributed by atoms with Crippen molar-refractivity contribution in [3.8, 4) is 5.75 Å². The van der Waals surface area contributed by atoms with Crippen LogP contribution in [0.3, 0.4) is 0 Å². The molecular formula is C15H14Cl2N2O2. The maximum atomic E-state index is 12.0. The van der Waals surface area contributed by atoms with E-state index in [1.165, 1.54) is 6.07 Å². The topological polar surface area (TPSA) is 64.3 Å². The van der Waals surface area contributed by atoms with Crippen molar-refractivity contribution < 1.29 is 9.53 Å². The average molecular weight is 325 g/mol. The van der Waals surface area contributed by atoms with E-state index in [1.54, 1.807) is 36.4 Å². The molecule has 0 heterocycles. The second-order valence-corrected chi connectivity index (χ2v) is 5.14. The third-order valence-electron chi connectivity index (χ3n) is 2.69. The molecule has 0 radical (unpaired) electrons. The van der Waals surface area contributed by atoms with Crippen LogP contribution in [0, 0.1) is 0 Å². The number of anilines is 1. The molecule has 0 aromatic heterocycles. The number of amides is 1. The first-order chi connectivity index (χ1) is 10.1. The van der Waals surface area contributed by atoms with Gasteiger partial charge in [0.1, 0.15) is 12.4 Å². The Kier molecular flexibility index (Phi) is 5.31. The van der Waals surface area contributed by atoms with E-state index >= 15 is 0 Å². The summed E-state index contributed by atoms with van der Waals surface area (Å²) >= 11 is 11.8. The highest BCUT2D eigenvalue weighted by Crippen LogP contribution is 2.20. The number of benzene rings is 2. The largest absolute Gasteiger partial charge is 0.492 e. The minimum absolute atomic E-state index is 0.293. The minimum atomic E-state index is -0.293. The molecular weight excluding hydrogens is 311 g/mol. The maximum Gasteiger partial charge on any atom is 0.252 e. The van der Waals surface area contributed by atoms with Gasteiger partial charge in [-0.15, -0.1) is 0 Å². The van der Waals surface area contributed by atoms with Gasteiger partial charge >= 0.3 is 0 Å². The molecule has 0 aliphatic carbocycles. The molecule has 4 nitrogen and oxygen atoms in total. The molecule has 0 spiro atoms. The number of nitrogens with two attached hydrogens (primary N) is 1. The van der Waals surface area contributed by atoms with Gasteiger partial charge in [0.05, 0.1) is 17.1 Å². The highest BCUT2D eigenvalue weighted by molar-refractivity contribution is 6.35. The fraction of sp³-hybridized carbons (Fsp3) is 0.133. The number of hydrogen-bond donors (Lipinski definition) is 2. The van der Waals surface area contributed by atoms with Gasteiger partial charge in [-0.05, 0) is 30.3 Å². The van der Waals surface area contributed by atoms with E-state index in [2.05, 4.69) is 5.32 Å². The quantitative estimate of drug-likeness (QED) is 0.654. The second-order valence-electron chi connectivity index (χ2n) is 4.30. The van der Waals surface area contributed by atoms with Gasteiger partial charge in [0.2, 0.25) is 0 Å². The van der Waals surface area contributed by atoms with Crippen molar-refractivity contribution in [3.05, 3.63) is 58.1 Å². The van der Waals surface area contributed by atoms with Gasteiger partial charge < -0.3 is 15.8 Å². The molecule has 2 aromatic carbocycles. The van der Waals surface area contributed by atoms with E-state index in [4.69, 9.17) is 33.7 Å². The molecule has 0 bridgehead atoms. The molecule has 110 valence electrons. The molecule has 0 aliphatic rings. The van der Waals surface area contributed by atoms with Crippen molar-refractivity contribution in [2.45, 2.75) is 0 Å². The Morgan fingerprint density at radius 3 is 2.76 bits per heavy atom. The zero-order valence-electron chi connectivity index (χ0n) is 11.1. The summed E-state index contributed by atoms with van der Waals surface area (Å²) in [5, 5.41) is 3.53. The molecule has 0 saturated heterocycles. The molecule has 21 heavy (non-hydrogen) atoms. The maximum absolute atomic E-state index is 12.0. The lowest BCUT2D eigenvalue weighted by Gasteiger charge is -2.09. The van der Waals surface area contributed by atoms with Gasteiger partial charge in [-0.3, -0.25) is 4.79 Å². The SMILES string of the molecule is Nc1cccc(OCCNC(=O)c2cc(Cl)ccc2Cl)c1. The summed E-state index contributed by atoms with van der Waals surface area (Å²) in [7, 11) is 0. The van der Waals surface area contributed by atoms with Crippen molar-refractivity contribution in [2.75, 3.05) is 18.9 Å². The number of nitrogens with one attached hydrogen (secondary N) is 1. The second kappa shape index (κ2) is 7.20. The number of hydrogen-bond acceptors (Lipinski definition) is 3. The molecule has 0 aliphatic heterocycles. The lowest BCUT2D eigenvalue weighted by atomic mass is 10.2. The lowest BCUT2D eigenvalue weighted by Crippen LogP contribution is -2.28. The van der Waals surface area contributed by atoms with Gasteiger partial charge in [-0.1, -0.05) is 29.3 Å². The predicted molar refractivity (Wildman–Crippen MR) is 85.1 cm³/mol. The van der Waals surface area contributed by atoms with Crippen LogP contribution in [-0.4, -0.2) is 19.1 Å². The molecule has 6 heteroatoms. The van der Waals surface area contributed by atoms with Crippen LogP contribution in [0.4, 0.5) is 5.69 Å². The third kappa shape index (κ3) is 4.55. The molecule has 0 saturated carbocycles. The molecule has 1 amide bonds. The van der Waals surface area contributed by atoms with Crippen LogP contribution >= 0.6 is 23.2 Å². The van der Waals surface area contributed by atoms with Crippen LogP contribution in [0.2, 0.25) is 10.0 Å². The van der Waals surface area contributed by atoms with Crippen LogP contribution in [0.15, 0.2) is 42.5 Å². The van der Waals surface area contributed by atoms with E-state index in [1.807, 2.05) is 0 Å². The first kappa shape index (κ1) is 15.5. The number of ether oxygens (including phenoxy) is 1. The monoisotopic (exact) mass is 324 g/mol. The van der Waals surface area contributed by atoms with Crippen molar-refractivity contribution in [3.63, 3.8) is 0 Å². The van der Waals surface area contributed by atoms with Crippen molar-refractivity contribution in [1.82, 2.24) is 5.32 Å². The number of carbonyl (C=O) groups is 1. The highest BCUT2D eigenvalue weighted by atomic mass is 35.5. The summed E-state index contributed by atoms with van der Waals surface area (Å²) in [5.74, 6) is 0.365. The smallest absolute Gasteiger partial charge is 0.252 e. The number of rotatable bonds is 5. The Morgan fingerprint density at radius 2 is 2.00 bits per heavy atom. The number of halogens is 2. The first-order valence-electron chi connectivity index (χ1n) is 6.28. The fourth-order valence-corrected chi connectivity index (χ4v) is 2.08. The van der Waals surface area contributed by atoms with Gasteiger partial charge in [-0.2, -0.15) is 0 Å². The zero-order valence-corrected chi connectivity index (χ0v) is 12.6. The highest BCUT2D eigenvalue weighted by Gasteiger charge is 2.10. The molecule has 2 rings (SSSR count). The van der Waals surface area contributed by atoms with Gasteiger partial charge in [0.15, 0.2) is 0 Å². The van der Waals surface area contributed by atoms with E-state index in [-0.39, 0.29) is 5.91 Å². The van der Waals surface area contributed by atoms with Crippen LogP contribution in [0.25, 0.3) is 0 Å². The molecule has 0 fully saturated rings. The van der Waals surface area contributed by atoms with E-state index in [0.717, 1.165) is 0 Å². The Hall–Kier alpha value is -1.91. The summed E-state index contributed by atoms with van der Waals surface area (Å²) in [4.78, 5) is 12.0. The minimum Gasteiger partial charge on any atom is -0.492 e. The Balaban J connectivity index is 1.83. The standard InChI is InChI=1S/C15H14Cl2N2O2/c16-10-4-5-14(17)13(8-10)15(20)19-6-7-21-12-3-1-2-11(18)9-12/h1-5,8-9H,6-7,18H2,(H,19,20). The van der Waals surface area contributed by atoms with Crippen molar-refractivity contribution >= 4 is 34.8 Å². The van der Waals surface area contributed by atoms with E-state index in [9.17, 15) is 4.79 Å². The van der Waals surface area contributed by atoms with Crippen molar-refractivity contribution in [2.24, 2.45) is 0 Å². The normalized spacial score (nSPS) is 10.2. The van der Waals surface area contributed by atoms with Gasteiger partial charge in [0.25, 0.3) is 5.91 Å². The Labute approximate surface area is 132 Å². The van der Waals surface area contributed by atoms with Crippen LogP contribution in [0.1, 0.15) is 10.4 Å². The predicted octanol–water partition coefficient (Wildman–Crippen LogP) is 3.38. The molecule has 0 atom stereocenters. The Morgan fingerprint density at radius 1 is 1.19 bits per heavy atom. The van der Waals surface area contributed by atoms with Crippen LogP contribution < -0.4 is 15.8 Å². The summed E-state index contributed by atoms with van der Waals surface area (Å²) in [6.45, 7) is 0.670. The number of nitrogen functional groups attached to an aromatic ring is 1. The van der Waals surface area contributed by atoms with E-state index < -0.39 is 0 Å². The summed E-state index contributed by atoms with van der Waals surface area (Å²) in [6.07, 6.45) is 0. The lowest BCUT2D eigenvalue weighted by molar-refractivity contribution is 0.0947. The molecule has 0 unspecified atom stereocenters. The zero-order chi connectivity index (χ0) is 15.2. The molecule has 2 aromatic rings.